The quantitative estimate of drug-likeness (QED) is 0.790. The molecule has 0 spiro atoms. The van der Waals surface area contributed by atoms with Crippen LogP contribution in [0, 0.1) is 0 Å². The smallest absolute Gasteiger partial charge is 0.234 e. The highest BCUT2D eigenvalue weighted by Gasteiger charge is 2.27. The zero-order chi connectivity index (χ0) is 13.7. The lowest BCUT2D eigenvalue weighted by molar-refractivity contribution is -0.122. The molecule has 1 unspecified atom stereocenters. The number of rotatable bonds is 5. The molecule has 19 heavy (non-hydrogen) atoms. The van der Waals surface area contributed by atoms with E-state index in [1.165, 1.54) is 0 Å². The lowest BCUT2D eigenvalue weighted by Gasteiger charge is -2.22. The second-order valence-electron chi connectivity index (χ2n) is 4.79. The van der Waals surface area contributed by atoms with Gasteiger partial charge in [0.05, 0.1) is 17.6 Å². The highest BCUT2D eigenvalue weighted by molar-refractivity contribution is 7.80. The highest BCUT2D eigenvalue weighted by Crippen LogP contribution is 2.16. The van der Waals surface area contributed by atoms with Gasteiger partial charge in [0.1, 0.15) is 0 Å². The third kappa shape index (κ3) is 4.01. The van der Waals surface area contributed by atoms with Crippen LogP contribution in [-0.2, 0) is 11.3 Å². The van der Waals surface area contributed by atoms with Gasteiger partial charge in [-0.05, 0) is 24.9 Å². The molecule has 0 saturated carbocycles. The normalized spacial score (nSPS) is 19.3. The van der Waals surface area contributed by atoms with Gasteiger partial charge in [-0.2, -0.15) is 0 Å². The van der Waals surface area contributed by atoms with E-state index in [4.69, 9.17) is 18.0 Å². The molecule has 102 valence electrons. The molecule has 2 rings (SSSR count). The molecule has 0 bridgehead atoms. The van der Waals surface area contributed by atoms with E-state index in [1.807, 2.05) is 30.3 Å². The van der Waals surface area contributed by atoms with Crippen molar-refractivity contribution < 1.29 is 4.79 Å². The standard InChI is InChI=1S/C14H19N3OS/c15-14(19)12-7-4-8-17(12)10-13(18)16-9-11-5-2-1-3-6-11/h1-3,5-6,12H,4,7-10H2,(H2,15,19)(H,16,18). The summed E-state index contributed by atoms with van der Waals surface area (Å²) in [6, 6.07) is 9.96. The maximum Gasteiger partial charge on any atom is 0.234 e. The number of nitrogens with two attached hydrogens (primary N) is 1. The molecule has 3 N–H and O–H groups in total. The van der Waals surface area contributed by atoms with Gasteiger partial charge in [0.15, 0.2) is 0 Å². The molecule has 1 fully saturated rings. The van der Waals surface area contributed by atoms with Gasteiger partial charge in [0, 0.05) is 6.54 Å². The zero-order valence-corrected chi connectivity index (χ0v) is 11.7. The Hall–Kier alpha value is -1.46. The third-order valence-electron chi connectivity index (χ3n) is 3.37. The Morgan fingerprint density at radius 3 is 2.84 bits per heavy atom. The van der Waals surface area contributed by atoms with Crippen molar-refractivity contribution in [3.05, 3.63) is 35.9 Å². The Morgan fingerprint density at radius 1 is 1.42 bits per heavy atom. The molecule has 1 heterocycles. The molecule has 1 atom stereocenters. The van der Waals surface area contributed by atoms with E-state index in [0.29, 0.717) is 18.1 Å². The molecular formula is C14H19N3OS. The van der Waals surface area contributed by atoms with Crippen molar-refractivity contribution >= 4 is 23.1 Å². The van der Waals surface area contributed by atoms with Gasteiger partial charge < -0.3 is 11.1 Å². The number of carbonyl (C=O) groups excluding carboxylic acids is 1. The minimum atomic E-state index is 0.0204. The van der Waals surface area contributed by atoms with Gasteiger partial charge in [0.25, 0.3) is 0 Å². The molecule has 5 heteroatoms. The zero-order valence-electron chi connectivity index (χ0n) is 10.8. The van der Waals surface area contributed by atoms with Crippen LogP contribution in [-0.4, -0.2) is 34.9 Å². The Labute approximate surface area is 119 Å². The van der Waals surface area contributed by atoms with Gasteiger partial charge >= 0.3 is 0 Å². The van der Waals surface area contributed by atoms with Crippen molar-refractivity contribution in [2.24, 2.45) is 5.73 Å². The molecule has 1 saturated heterocycles. The van der Waals surface area contributed by atoms with E-state index >= 15 is 0 Å². The number of amides is 1. The molecule has 0 aliphatic carbocycles. The summed E-state index contributed by atoms with van der Waals surface area (Å²) < 4.78 is 0. The predicted octanol–water partition coefficient (Wildman–Crippen LogP) is 1.05. The minimum Gasteiger partial charge on any atom is -0.392 e. The summed E-state index contributed by atoms with van der Waals surface area (Å²) >= 11 is 5.03. The van der Waals surface area contributed by atoms with E-state index < -0.39 is 0 Å². The molecule has 1 aromatic carbocycles. The van der Waals surface area contributed by atoms with Gasteiger partial charge in [-0.15, -0.1) is 0 Å². The lowest BCUT2D eigenvalue weighted by Crippen LogP contribution is -2.44. The molecule has 1 aliphatic rings. The minimum absolute atomic E-state index is 0.0204. The van der Waals surface area contributed by atoms with Crippen LogP contribution in [0.15, 0.2) is 30.3 Å². The van der Waals surface area contributed by atoms with Crippen molar-refractivity contribution in [3.8, 4) is 0 Å². The summed E-state index contributed by atoms with van der Waals surface area (Å²) in [5.74, 6) is 0.0204. The number of hydrogen-bond acceptors (Lipinski definition) is 3. The summed E-state index contributed by atoms with van der Waals surface area (Å²) in [6.07, 6.45) is 2.01. The van der Waals surface area contributed by atoms with E-state index in [9.17, 15) is 4.79 Å². The molecule has 0 aromatic heterocycles. The van der Waals surface area contributed by atoms with Gasteiger partial charge in [-0.1, -0.05) is 42.5 Å². The van der Waals surface area contributed by atoms with Crippen LogP contribution in [0.1, 0.15) is 18.4 Å². The van der Waals surface area contributed by atoms with Crippen LogP contribution < -0.4 is 11.1 Å². The van der Waals surface area contributed by atoms with E-state index in [-0.39, 0.29) is 11.9 Å². The van der Waals surface area contributed by atoms with Crippen LogP contribution in [0.4, 0.5) is 0 Å². The number of benzene rings is 1. The van der Waals surface area contributed by atoms with Crippen molar-refractivity contribution in [3.63, 3.8) is 0 Å². The summed E-state index contributed by atoms with van der Waals surface area (Å²) in [5.41, 5.74) is 6.79. The van der Waals surface area contributed by atoms with Crippen molar-refractivity contribution in [1.82, 2.24) is 10.2 Å². The molecule has 1 amide bonds. The number of hydrogen-bond donors (Lipinski definition) is 2. The van der Waals surface area contributed by atoms with Crippen LogP contribution in [0.3, 0.4) is 0 Å². The predicted molar refractivity (Wildman–Crippen MR) is 79.7 cm³/mol. The number of thiocarbonyl (C=S) groups is 1. The number of nitrogens with zero attached hydrogens (tertiary/aromatic N) is 1. The Morgan fingerprint density at radius 2 is 2.16 bits per heavy atom. The lowest BCUT2D eigenvalue weighted by atomic mass is 10.2. The largest absolute Gasteiger partial charge is 0.392 e. The maximum absolute atomic E-state index is 11.9. The van der Waals surface area contributed by atoms with Crippen molar-refractivity contribution in [2.75, 3.05) is 13.1 Å². The summed E-state index contributed by atoms with van der Waals surface area (Å²) in [6.45, 7) is 1.82. The first kappa shape index (κ1) is 14.0. The summed E-state index contributed by atoms with van der Waals surface area (Å²) in [7, 11) is 0. The molecule has 4 nitrogen and oxygen atoms in total. The van der Waals surface area contributed by atoms with Crippen LogP contribution in [0.2, 0.25) is 0 Å². The van der Waals surface area contributed by atoms with Gasteiger partial charge in [-0.25, -0.2) is 0 Å². The number of carbonyl (C=O) groups is 1. The fourth-order valence-corrected chi connectivity index (χ4v) is 2.64. The van der Waals surface area contributed by atoms with E-state index in [1.54, 1.807) is 0 Å². The fourth-order valence-electron chi connectivity index (χ4n) is 2.37. The van der Waals surface area contributed by atoms with Crippen molar-refractivity contribution in [1.29, 1.82) is 0 Å². The van der Waals surface area contributed by atoms with Gasteiger partial charge in [-0.3, -0.25) is 9.69 Å². The first-order valence-electron chi connectivity index (χ1n) is 6.51. The molecule has 1 aromatic rings. The summed E-state index contributed by atoms with van der Waals surface area (Å²) in [4.78, 5) is 14.5. The number of nitrogens with one attached hydrogen (secondary N) is 1. The molecule has 0 radical (unpaired) electrons. The molecule has 1 aliphatic heterocycles. The van der Waals surface area contributed by atoms with Crippen LogP contribution in [0.5, 0.6) is 0 Å². The monoisotopic (exact) mass is 277 g/mol. The topological polar surface area (TPSA) is 58.4 Å². The number of likely N-dealkylation sites (tertiary alicyclic amines) is 1. The van der Waals surface area contributed by atoms with Crippen LogP contribution >= 0.6 is 12.2 Å². The Bertz CT molecular complexity index is 449. The van der Waals surface area contributed by atoms with E-state index in [2.05, 4.69) is 10.2 Å². The summed E-state index contributed by atoms with van der Waals surface area (Å²) in [5, 5.41) is 2.92. The fraction of sp³-hybridized carbons (Fsp3) is 0.429. The first-order chi connectivity index (χ1) is 9.16. The molecular weight excluding hydrogens is 258 g/mol. The Balaban J connectivity index is 1.80. The average Bonchev–Trinajstić information content (AvgIpc) is 2.86. The average molecular weight is 277 g/mol. The maximum atomic E-state index is 11.9. The van der Waals surface area contributed by atoms with E-state index in [0.717, 1.165) is 24.9 Å². The third-order valence-corrected chi connectivity index (χ3v) is 3.64. The first-order valence-corrected chi connectivity index (χ1v) is 6.91. The highest BCUT2D eigenvalue weighted by atomic mass is 32.1. The second kappa shape index (κ2) is 6.63. The Kier molecular flexibility index (Phi) is 4.87. The van der Waals surface area contributed by atoms with Gasteiger partial charge in [0.2, 0.25) is 5.91 Å². The second-order valence-corrected chi connectivity index (χ2v) is 5.26. The SMILES string of the molecule is NC(=S)C1CCCN1CC(=O)NCc1ccccc1. The van der Waals surface area contributed by atoms with Crippen LogP contribution in [0.25, 0.3) is 0 Å². The van der Waals surface area contributed by atoms with Crippen molar-refractivity contribution in [2.45, 2.75) is 25.4 Å².